The van der Waals surface area contributed by atoms with Gasteiger partial charge in [0, 0.05) is 54.2 Å². The topological polar surface area (TPSA) is 68.4 Å². The number of piperazine rings is 1. The fourth-order valence-electron chi connectivity index (χ4n) is 4.17. The second-order valence-electron chi connectivity index (χ2n) is 7.70. The first-order valence-electron chi connectivity index (χ1n) is 9.93. The van der Waals surface area contributed by atoms with Gasteiger partial charge in [-0.25, -0.2) is 0 Å². The summed E-state index contributed by atoms with van der Waals surface area (Å²) in [5.74, 6) is -0.00307. The smallest absolute Gasteiger partial charge is 0.270 e. The highest BCUT2D eigenvalue weighted by molar-refractivity contribution is 6.34. The van der Waals surface area contributed by atoms with Gasteiger partial charge in [-0.05, 0) is 48.4 Å². The number of halogens is 2. The summed E-state index contributed by atoms with van der Waals surface area (Å²) in [6, 6.07) is 11.4. The molecular weight excluding hydrogens is 423 g/mol. The predicted molar refractivity (Wildman–Crippen MR) is 120 cm³/mol. The molecule has 154 valence electrons. The lowest BCUT2D eigenvalue weighted by atomic mass is 10.0. The first-order valence-corrected chi connectivity index (χ1v) is 10.7. The predicted octanol–water partition coefficient (Wildman–Crippen LogP) is 4.32. The van der Waals surface area contributed by atoms with Crippen molar-refractivity contribution in [1.29, 1.82) is 0 Å². The Kier molecular flexibility index (Phi) is 4.83. The Morgan fingerprint density at radius 2 is 1.77 bits per heavy atom. The van der Waals surface area contributed by atoms with E-state index in [4.69, 9.17) is 23.2 Å². The van der Waals surface area contributed by atoms with Gasteiger partial charge in [0.1, 0.15) is 5.69 Å². The van der Waals surface area contributed by atoms with Gasteiger partial charge in [0.25, 0.3) is 5.91 Å². The number of benzene rings is 2. The lowest BCUT2D eigenvalue weighted by Gasteiger charge is -2.36. The van der Waals surface area contributed by atoms with E-state index in [1.54, 1.807) is 0 Å². The van der Waals surface area contributed by atoms with Gasteiger partial charge < -0.3 is 20.1 Å². The number of carbonyl (C=O) groups is 2. The summed E-state index contributed by atoms with van der Waals surface area (Å²) in [4.78, 5) is 31.9. The van der Waals surface area contributed by atoms with Crippen LogP contribution >= 0.6 is 23.2 Å². The van der Waals surface area contributed by atoms with Crippen molar-refractivity contribution in [2.45, 2.75) is 12.8 Å². The number of aryl methyl sites for hydroxylation is 1. The van der Waals surface area contributed by atoms with Crippen molar-refractivity contribution in [3.63, 3.8) is 0 Å². The third-order valence-corrected chi connectivity index (χ3v) is 6.32. The summed E-state index contributed by atoms with van der Waals surface area (Å²) in [6.45, 7) is 2.69. The number of carbonyl (C=O) groups excluding carboxylic acids is 2. The highest BCUT2D eigenvalue weighted by Gasteiger charge is 2.25. The monoisotopic (exact) mass is 442 g/mol. The summed E-state index contributed by atoms with van der Waals surface area (Å²) in [5.41, 5.74) is 4.30. The van der Waals surface area contributed by atoms with Gasteiger partial charge in [-0.3, -0.25) is 9.59 Å². The molecule has 1 aromatic heterocycles. The average molecular weight is 443 g/mol. The van der Waals surface area contributed by atoms with Crippen molar-refractivity contribution in [3.8, 4) is 0 Å². The number of rotatable bonds is 2. The zero-order valence-electron chi connectivity index (χ0n) is 16.2. The van der Waals surface area contributed by atoms with Crippen LogP contribution in [0.25, 0.3) is 10.9 Å². The Morgan fingerprint density at radius 3 is 2.57 bits per heavy atom. The van der Waals surface area contributed by atoms with Crippen LogP contribution in [0, 0.1) is 0 Å². The molecule has 2 aliphatic rings. The first-order chi connectivity index (χ1) is 14.5. The highest BCUT2D eigenvalue weighted by atomic mass is 35.5. The highest BCUT2D eigenvalue weighted by Crippen LogP contribution is 2.35. The van der Waals surface area contributed by atoms with Gasteiger partial charge in [0.15, 0.2) is 0 Å². The number of nitrogens with one attached hydrogen (secondary N) is 2. The van der Waals surface area contributed by atoms with E-state index in [0.29, 0.717) is 41.7 Å². The summed E-state index contributed by atoms with van der Waals surface area (Å²) >= 11 is 12.5. The Morgan fingerprint density at radius 1 is 0.967 bits per heavy atom. The normalized spacial score (nSPS) is 16.5. The third kappa shape index (κ3) is 3.50. The van der Waals surface area contributed by atoms with Crippen molar-refractivity contribution in [3.05, 3.63) is 57.7 Å². The molecule has 2 amide bonds. The Balaban J connectivity index is 1.29. The molecule has 8 heteroatoms. The number of anilines is 2. The SMILES string of the molecule is O=C1CCc2cc(N3CCN(C(=O)c4cc5cc(Cl)ccc5[nH]4)CC3)cc(Cl)c2N1. The minimum Gasteiger partial charge on any atom is -0.368 e. The maximum absolute atomic E-state index is 13.0. The van der Waals surface area contributed by atoms with Crippen LogP contribution in [0.4, 0.5) is 11.4 Å². The molecule has 3 aromatic rings. The molecule has 0 radical (unpaired) electrons. The van der Waals surface area contributed by atoms with Gasteiger partial charge in [-0.15, -0.1) is 0 Å². The van der Waals surface area contributed by atoms with Gasteiger partial charge in [-0.2, -0.15) is 0 Å². The van der Waals surface area contributed by atoms with Crippen LogP contribution in [0.5, 0.6) is 0 Å². The molecule has 0 bridgehead atoms. The largest absolute Gasteiger partial charge is 0.368 e. The fraction of sp³-hybridized carbons (Fsp3) is 0.273. The van der Waals surface area contributed by atoms with Crippen LogP contribution < -0.4 is 10.2 Å². The molecular formula is C22H20Cl2N4O2. The number of aromatic amines is 1. The van der Waals surface area contributed by atoms with Gasteiger partial charge >= 0.3 is 0 Å². The van der Waals surface area contributed by atoms with Gasteiger partial charge in [-0.1, -0.05) is 23.2 Å². The minimum atomic E-state index is -0.00633. The lowest BCUT2D eigenvalue weighted by Crippen LogP contribution is -2.49. The number of hydrogen-bond acceptors (Lipinski definition) is 3. The van der Waals surface area contributed by atoms with Crippen molar-refractivity contribution >= 4 is 57.3 Å². The number of amides is 2. The lowest BCUT2D eigenvalue weighted by molar-refractivity contribution is -0.116. The molecule has 0 saturated carbocycles. The summed E-state index contributed by atoms with van der Waals surface area (Å²) < 4.78 is 0. The van der Waals surface area contributed by atoms with Crippen molar-refractivity contribution < 1.29 is 9.59 Å². The summed E-state index contributed by atoms with van der Waals surface area (Å²) in [7, 11) is 0. The Labute approximate surface area is 183 Å². The Bertz CT molecular complexity index is 1170. The van der Waals surface area contributed by atoms with Crippen LogP contribution in [-0.4, -0.2) is 47.9 Å². The zero-order valence-corrected chi connectivity index (χ0v) is 17.7. The second kappa shape index (κ2) is 7.52. The molecule has 1 saturated heterocycles. The molecule has 2 N–H and O–H groups in total. The zero-order chi connectivity index (χ0) is 20.8. The average Bonchev–Trinajstić information content (AvgIpc) is 3.17. The molecule has 0 atom stereocenters. The van der Waals surface area contributed by atoms with E-state index >= 15 is 0 Å². The number of nitrogens with zero attached hydrogens (tertiary/aromatic N) is 2. The van der Waals surface area contributed by atoms with Crippen LogP contribution in [-0.2, 0) is 11.2 Å². The first kappa shape index (κ1) is 19.3. The van der Waals surface area contributed by atoms with Crippen LogP contribution in [0.3, 0.4) is 0 Å². The molecule has 0 aliphatic carbocycles. The Hall–Kier alpha value is -2.70. The van der Waals surface area contributed by atoms with Crippen LogP contribution in [0.15, 0.2) is 36.4 Å². The minimum absolute atomic E-state index is 0.00326. The molecule has 6 nitrogen and oxygen atoms in total. The number of hydrogen-bond donors (Lipinski definition) is 2. The fourth-order valence-corrected chi connectivity index (χ4v) is 4.64. The molecule has 1 fully saturated rings. The van der Waals surface area contributed by atoms with E-state index in [1.807, 2.05) is 35.2 Å². The van der Waals surface area contributed by atoms with Crippen molar-refractivity contribution in [1.82, 2.24) is 9.88 Å². The maximum Gasteiger partial charge on any atom is 0.270 e. The quantitative estimate of drug-likeness (QED) is 0.620. The molecule has 2 aromatic carbocycles. The molecule has 0 unspecified atom stereocenters. The number of aromatic nitrogens is 1. The standard InChI is InChI=1S/C22H20Cl2N4O2/c23-15-2-3-18-14(9-15)11-19(25-18)22(30)28-7-5-27(6-8-28)16-10-13-1-4-20(29)26-21(13)17(24)12-16/h2-3,9-12,25H,1,4-8H2,(H,26,29). The van der Waals surface area contributed by atoms with E-state index in [0.717, 1.165) is 40.9 Å². The van der Waals surface area contributed by atoms with Crippen molar-refractivity contribution in [2.75, 3.05) is 36.4 Å². The van der Waals surface area contributed by atoms with E-state index in [2.05, 4.69) is 21.3 Å². The third-order valence-electron chi connectivity index (χ3n) is 5.79. The maximum atomic E-state index is 13.0. The van der Waals surface area contributed by atoms with E-state index < -0.39 is 0 Å². The van der Waals surface area contributed by atoms with Gasteiger partial charge in [0.2, 0.25) is 5.91 Å². The molecule has 2 aliphatic heterocycles. The van der Waals surface area contributed by atoms with Gasteiger partial charge in [0.05, 0.1) is 10.7 Å². The molecule has 3 heterocycles. The molecule has 30 heavy (non-hydrogen) atoms. The summed E-state index contributed by atoms with van der Waals surface area (Å²) in [6.07, 6.45) is 1.17. The molecule has 0 spiro atoms. The number of fused-ring (bicyclic) bond motifs is 2. The van der Waals surface area contributed by atoms with Crippen molar-refractivity contribution in [2.24, 2.45) is 0 Å². The van der Waals surface area contributed by atoms with E-state index in [9.17, 15) is 9.59 Å². The number of H-pyrrole nitrogens is 1. The van der Waals surface area contributed by atoms with Crippen LogP contribution in [0.2, 0.25) is 10.0 Å². The summed E-state index contributed by atoms with van der Waals surface area (Å²) in [5, 5.41) is 5.00. The van der Waals surface area contributed by atoms with E-state index in [-0.39, 0.29) is 11.8 Å². The van der Waals surface area contributed by atoms with Crippen LogP contribution in [0.1, 0.15) is 22.5 Å². The second-order valence-corrected chi connectivity index (χ2v) is 8.55. The van der Waals surface area contributed by atoms with E-state index in [1.165, 1.54) is 0 Å². The molecule has 5 rings (SSSR count).